The Hall–Kier alpha value is -0.450. The molecule has 0 aromatic carbocycles. The molecule has 1 aliphatic heterocycles. The van der Waals surface area contributed by atoms with Gasteiger partial charge >= 0.3 is 0 Å². The van der Waals surface area contributed by atoms with Gasteiger partial charge in [0.25, 0.3) is 0 Å². The van der Waals surface area contributed by atoms with Crippen molar-refractivity contribution in [2.75, 3.05) is 13.1 Å². The highest BCUT2D eigenvalue weighted by Crippen LogP contribution is 2.19. The third-order valence-corrected chi connectivity index (χ3v) is 4.52. The predicted molar refractivity (Wildman–Crippen MR) is 73.3 cm³/mol. The molecule has 0 spiro atoms. The van der Waals surface area contributed by atoms with Gasteiger partial charge in [-0.3, -0.25) is 0 Å². The largest absolute Gasteiger partial charge is 0.323 e. The normalized spacial score (nSPS) is 23.8. The minimum Gasteiger partial charge on any atom is -0.323 e. The summed E-state index contributed by atoms with van der Waals surface area (Å²) in [5, 5.41) is 3.33. The average Bonchev–Trinajstić information content (AvgIpc) is 2.77. The van der Waals surface area contributed by atoms with Gasteiger partial charge in [-0.1, -0.05) is 6.42 Å². The van der Waals surface area contributed by atoms with Crippen LogP contribution in [0.15, 0.2) is 5.38 Å². The Morgan fingerprint density at radius 1 is 1.59 bits per heavy atom. The van der Waals surface area contributed by atoms with Crippen LogP contribution in [0.4, 0.5) is 0 Å². The van der Waals surface area contributed by atoms with Crippen molar-refractivity contribution in [2.45, 2.75) is 51.6 Å². The average molecular weight is 253 g/mol. The van der Waals surface area contributed by atoms with Crippen molar-refractivity contribution in [3.05, 3.63) is 16.1 Å². The minimum absolute atomic E-state index is 0.0638. The first-order valence-electron chi connectivity index (χ1n) is 6.60. The number of hydrogen-bond acceptors (Lipinski definition) is 4. The van der Waals surface area contributed by atoms with E-state index in [9.17, 15) is 0 Å². The van der Waals surface area contributed by atoms with Crippen molar-refractivity contribution in [1.29, 1.82) is 0 Å². The van der Waals surface area contributed by atoms with Gasteiger partial charge in [0.1, 0.15) is 0 Å². The van der Waals surface area contributed by atoms with Crippen LogP contribution in [0, 0.1) is 0 Å². The molecule has 0 saturated carbocycles. The molecule has 17 heavy (non-hydrogen) atoms. The summed E-state index contributed by atoms with van der Waals surface area (Å²) >= 11 is 1.75. The number of likely N-dealkylation sites (tertiary alicyclic amines) is 1. The monoisotopic (exact) mass is 253 g/mol. The van der Waals surface area contributed by atoms with Crippen molar-refractivity contribution in [3.63, 3.8) is 0 Å². The van der Waals surface area contributed by atoms with E-state index in [-0.39, 0.29) is 6.04 Å². The molecule has 3 nitrogen and oxygen atoms in total. The number of hydrogen-bond donors (Lipinski definition) is 1. The maximum absolute atomic E-state index is 5.82. The molecule has 2 N–H and O–H groups in total. The van der Waals surface area contributed by atoms with E-state index in [0.29, 0.717) is 0 Å². The van der Waals surface area contributed by atoms with Gasteiger partial charge in [-0.2, -0.15) is 0 Å². The molecule has 1 fully saturated rings. The molecule has 4 heteroatoms. The van der Waals surface area contributed by atoms with Crippen molar-refractivity contribution in [1.82, 2.24) is 9.88 Å². The second-order valence-corrected chi connectivity index (χ2v) is 6.03. The van der Waals surface area contributed by atoms with E-state index < -0.39 is 0 Å². The molecule has 2 rings (SSSR count). The maximum Gasteiger partial charge on any atom is 0.0941 e. The predicted octanol–water partition coefficient (Wildman–Crippen LogP) is 2.58. The lowest BCUT2D eigenvalue weighted by atomic mass is 10.0. The zero-order chi connectivity index (χ0) is 12.3. The van der Waals surface area contributed by atoms with Crippen molar-refractivity contribution in [3.8, 4) is 0 Å². The van der Waals surface area contributed by atoms with E-state index in [1.807, 2.05) is 6.92 Å². The summed E-state index contributed by atoms with van der Waals surface area (Å²) in [5.41, 5.74) is 6.86. The Kier molecular flexibility index (Phi) is 4.54. The summed E-state index contributed by atoms with van der Waals surface area (Å²) in [5.74, 6) is 0. The third-order valence-electron chi connectivity index (χ3n) is 3.59. The Morgan fingerprint density at radius 2 is 2.41 bits per heavy atom. The van der Waals surface area contributed by atoms with E-state index >= 15 is 0 Å². The van der Waals surface area contributed by atoms with Crippen LogP contribution in [0.2, 0.25) is 0 Å². The Balaban J connectivity index is 1.84. The molecule has 2 unspecified atom stereocenters. The minimum atomic E-state index is 0.0638. The molecule has 0 bridgehead atoms. The number of nitrogens with two attached hydrogens (primary N) is 1. The highest BCUT2D eigenvalue weighted by molar-refractivity contribution is 7.09. The topological polar surface area (TPSA) is 42.1 Å². The zero-order valence-electron chi connectivity index (χ0n) is 10.9. The van der Waals surface area contributed by atoms with E-state index in [1.165, 1.54) is 30.8 Å². The first-order chi connectivity index (χ1) is 8.16. The number of piperidine rings is 1. The quantitative estimate of drug-likeness (QED) is 0.897. The van der Waals surface area contributed by atoms with Gasteiger partial charge in [-0.05, 0) is 33.2 Å². The van der Waals surface area contributed by atoms with Crippen LogP contribution in [0.25, 0.3) is 0 Å². The fraction of sp³-hybridized carbons (Fsp3) is 0.769. The summed E-state index contributed by atoms with van der Waals surface area (Å²) in [6.07, 6.45) is 5.17. The molecule has 1 aromatic rings. The van der Waals surface area contributed by atoms with Crippen LogP contribution >= 0.6 is 11.3 Å². The maximum atomic E-state index is 5.82. The van der Waals surface area contributed by atoms with E-state index in [2.05, 4.69) is 22.2 Å². The second kappa shape index (κ2) is 5.94. The van der Waals surface area contributed by atoms with E-state index in [0.717, 1.165) is 24.7 Å². The van der Waals surface area contributed by atoms with Crippen LogP contribution in [-0.2, 0) is 6.42 Å². The first-order valence-corrected chi connectivity index (χ1v) is 7.48. The van der Waals surface area contributed by atoms with Crippen molar-refractivity contribution >= 4 is 11.3 Å². The molecule has 0 amide bonds. The molecule has 0 radical (unpaired) electrons. The summed E-state index contributed by atoms with van der Waals surface area (Å²) < 4.78 is 0. The molecule has 96 valence electrons. The summed E-state index contributed by atoms with van der Waals surface area (Å²) in [4.78, 5) is 7.18. The van der Waals surface area contributed by atoms with Crippen LogP contribution in [0.1, 0.15) is 49.9 Å². The molecule has 2 atom stereocenters. The number of aromatic nitrogens is 1. The van der Waals surface area contributed by atoms with Crippen molar-refractivity contribution < 1.29 is 0 Å². The lowest BCUT2D eigenvalue weighted by molar-refractivity contribution is 0.163. The highest BCUT2D eigenvalue weighted by atomic mass is 32.1. The lowest BCUT2D eigenvalue weighted by Gasteiger charge is -2.33. The molecule has 2 heterocycles. The smallest absolute Gasteiger partial charge is 0.0941 e. The Labute approximate surface area is 108 Å². The van der Waals surface area contributed by atoms with Crippen LogP contribution < -0.4 is 5.73 Å². The molecular formula is C13H23N3S. The standard InChI is InChI=1S/C13H23N3S/c1-10-5-3-4-7-16(10)8-6-13-15-12(9-17-13)11(2)14/h9-11H,3-8,14H2,1-2H3. The van der Waals surface area contributed by atoms with Gasteiger partial charge in [0, 0.05) is 30.4 Å². The third kappa shape index (κ3) is 3.50. The molecule has 1 aliphatic rings. The molecule has 0 aliphatic carbocycles. The van der Waals surface area contributed by atoms with Crippen LogP contribution in [0.5, 0.6) is 0 Å². The molecule has 1 saturated heterocycles. The molecule has 1 aromatic heterocycles. The summed E-state index contributed by atoms with van der Waals surface area (Å²) in [6.45, 7) is 6.74. The molecular weight excluding hydrogens is 230 g/mol. The van der Waals surface area contributed by atoms with E-state index in [1.54, 1.807) is 11.3 Å². The fourth-order valence-corrected chi connectivity index (χ4v) is 3.27. The van der Waals surface area contributed by atoms with Crippen LogP contribution in [0.3, 0.4) is 0 Å². The van der Waals surface area contributed by atoms with Gasteiger partial charge in [0.05, 0.1) is 10.7 Å². The second-order valence-electron chi connectivity index (χ2n) is 5.09. The Bertz CT molecular complexity index is 348. The SMILES string of the molecule is CC(N)c1csc(CCN2CCCCC2C)n1. The van der Waals surface area contributed by atoms with Gasteiger partial charge < -0.3 is 10.6 Å². The number of thiazole rings is 1. The lowest BCUT2D eigenvalue weighted by Crippen LogP contribution is -2.38. The van der Waals surface area contributed by atoms with Gasteiger partial charge in [-0.25, -0.2) is 4.98 Å². The summed E-state index contributed by atoms with van der Waals surface area (Å²) in [6, 6.07) is 0.811. The van der Waals surface area contributed by atoms with Gasteiger partial charge in [0.15, 0.2) is 0 Å². The zero-order valence-corrected chi connectivity index (χ0v) is 11.7. The fourth-order valence-electron chi connectivity index (χ4n) is 2.38. The summed E-state index contributed by atoms with van der Waals surface area (Å²) in [7, 11) is 0. The highest BCUT2D eigenvalue weighted by Gasteiger charge is 2.18. The van der Waals surface area contributed by atoms with Gasteiger partial charge in [0.2, 0.25) is 0 Å². The van der Waals surface area contributed by atoms with Gasteiger partial charge in [-0.15, -0.1) is 11.3 Å². The van der Waals surface area contributed by atoms with Crippen LogP contribution in [-0.4, -0.2) is 29.0 Å². The Morgan fingerprint density at radius 3 is 3.06 bits per heavy atom. The van der Waals surface area contributed by atoms with E-state index in [4.69, 9.17) is 5.73 Å². The first kappa shape index (κ1) is 13.0. The van der Waals surface area contributed by atoms with Crippen molar-refractivity contribution in [2.24, 2.45) is 5.73 Å². The number of rotatable bonds is 4. The number of nitrogens with zero attached hydrogens (tertiary/aromatic N) is 2.